The minimum Gasteiger partial charge on any atom is -1.00 e. The van der Waals surface area contributed by atoms with Crippen LogP contribution in [0.2, 0.25) is 0 Å². The molecule has 0 radical (unpaired) electrons. The van der Waals surface area contributed by atoms with Gasteiger partial charge in [0.15, 0.2) is 12.4 Å². The van der Waals surface area contributed by atoms with Crippen molar-refractivity contribution in [1.29, 1.82) is 0 Å². The standard InChI is InChI=1S/C28H30FN5O5.BrH/c1-2-7-30-25(35)17-31-8-3-4-18(15-31)27(37)33-11-9-32(10-12-33)24-14-23-20(13-22(24)29)26(36)21(28(38)39)16-34(23)19-5-6-19;/h3-4,8,13-16,19H,2,5-7,9-12,17H2,1H3,(H-,30,35,38,39);1H. The molecule has 212 valence electrons. The fourth-order valence-corrected chi connectivity index (χ4v) is 4.97. The Kier molecular flexibility index (Phi) is 8.87. The van der Waals surface area contributed by atoms with Crippen LogP contribution in [0.5, 0.6) is 0 Å². The Balaban J connectivity index is 0.00000370. The fraction of sp³-hybridized carbons (Fsp3) is 0.393. The van der Waals surface area contributed by atoms with E-state index in [-0.39, 0.29) is 52.3 Å². The van der Waals surface area contributed by atoms with E-state index in [9.17, 15) is 24.3 Å². The number of hydrogen-bond acceptors (Lipinski definition) is 5. The number of hydrogen-bond donors (Lipinski definition) is 2. The molecule has 0 bridgehead atoms. The molecule has 2 amide bonds. The molecule has 12 heteroatoms. The lowest BCUT2D eigenvalue weighted by atomic mass is 10.1. The highest BCUT2D eigenvalue weighted by Crippen LogP contribution is 2.38. The number of carbonyl (C=O) groups is 3. The summed E-state index contributed by atoms with van der Waals surface area (Å²) in [6.45, 7) is 4.22. The summed E-state index contributed by atoms with van der Waals surface area (Å²) in [6.07, 6.45) is 7.34. The van der Waals surface area contributed by atoms with E-state index < -0.39 is 17.2 Å². The van der Waals surface area contributed by atoms with Gasteiger partial charge in [-0.3, -0.25) is 14.4 Å². The Morgan fingerprint density at radius 3 is 2.52 bits per heavy atom. The van der Waals surface area contributed by atoms with Crippen molar-refractivity contribution < 1.29 is 45.4 Å². The van der Waals surface area contributed by atoms with Gasteiger partial charge in [0.2, 0.25) is 12.0 Å². The van der Waals surface area contributed by atoms with Crippen LogP contribution in [0.15, 0.2) is 47.7 Å². The number of anilines is 1. The number of aromatic carboxylic acids is 1. The third kappa shape index (κ3) is 6.01. The van der Waals surface area contributed by atoms with Gasteiger partial charge in [0, 0.05) is 56.4 Å². The van der Waals surface area contributed by atoms with Crippen LogP contribution in [0.25, 0.3) is 10.9 Å². The minimum absolute atomic E-state index is 0. The van der Waals surface area contributed by atoms with Crippen LogP contribution in [0.4, 0.5) is 10.1 Å². The van der Waals surface area contributed by atoms with Gasteiger partial charge in [0.25, 0.3) is 11.8 Å². The summed E-state index contributed by atoms with van der Waals surface area (Å²) in [5.74, 6) is -2.22. The zero-order valence-corrected chi connectivity index (χ0v) is 23.7. The quantitative estimate of drug-likeness (QED) is 0.313. The SMILES string of the molecule is CCCNC(=O)C[n+]1cccc(C(=O)N2CCN(c3cc4c(cc3F)c(=O)c(C(=O)O)cn4C3CC3)CC2)c1.[Br-]. The maximum Gasteiger partial charge on any atom is 0.341 e. The molecule has 3 heterocycles. The average molecular weight is 616 g/mol. The van der Waals surface area contributed by atoms with Crippen molar-refractivity contribution in [2.75, 3.05) is 37.6 Å². The number of amides is 2. The Morgan fingerprint density at radius 2 is 1.88 bits per heavy atom. The summed E-state index contributed by atoms with van der Waals surface area (Å²) in [6, 6.07) is 6.29. The molecule has 1 saturated carbocycles. The van der Waals surface area contributed by atoms with Crippen molar-refractivity contribution >= 4 is 34.4 Å². The summed E-state index contributed by atoms with van der Waals surface area (Å²) < 4.78 is 18.7. The summed E-state index contributed by atoms with van der Waals surface area (Å²) in [7, 11) is 0. The normalized spacial score (nSPS) is 15.1. The second-order valence-corrected chi connectivity index (χ2v) is 10.0. The van der Waals surface area contributed by atoms with Crippen LogP contribution >= 0.6 is 0 Å². The van der Waals surface area contributed by atoms with Gasteiger partial charge in [0.05, 0.1) is 11.2 Å². The molecule has 3 aromatic rings. The average Bonchev–Trinajstić information content (AvgIpc) is 3.77. The molecule has 1 aromatic carbocycles. The van der Waals surface area contributed by atoms with Gasteiger partial charge in [-0.05, 0) is 37.5 Å². The molecule has 1 aliphatic heterocycles. The van der Waals surface area contributed by atoms with Gasteiger partial charge in [-0.1, -0.05) is 6.92 Å². The zero-order chi connectivity index (χ0) is 27.7. The van der Waals surface area contributed by atoms with E-state index in [0.717, 1.165) is 25.3 Å². The van der Waals surface area contributed by atoms with Crippen molar-refractivity contribution in [3.63, 3.8) is 0 Å². The monoisotopic (exact) mass is 615 g/mol. The van der Waals surface area contributed by atoms with Gasteiger partial charge in [-0.2, -0.15) is 4.57 Å². The van der Waals surface area contributed by atoms with Gasteiger partial charge in [0.1, 0.15) is 16.9 Å². The Labute approximate surface area is 240 Å². The van der Waals surface area contributed by atoms with E-state index in [1.807, 2.05) is 11.8 Å². The number of fused-ring (bicyclic) bond motifs is 1. The second-order valence-electron chi connectivity index (χ2n) is 10.0. The number of piperazine rings is 1. The third-order valence-electron chi connectivity index (χ3n) is 7.18. The first-order valence-electron chi connectivity index (χ1n) is 13.2. The van der Waals surface area contributed by atoms with E-state index in [4.69, 9.17) is 0 Å². The summed E-state index contributed by atoms with van der Waals surface area (Å²) in [4.78, 5) is 53.1. The Hall–Kier alpha value is -3.80. The molecule has 1 saturated heterocycles. The Morgan fingerprint density at radius 1 is 1.15 bits per heavy atom. The molecule has 0 atom stereocenters. The molecule has 0 spiro atoms. The molecule has 10 nitrogen and oxygen atoms in total. The highest BCUT2D eigenvalue weighted by atomic mass is 79.9. The largest absolute Gasteiger partial charge is 1.00 e. The van der Waals surface area contributed by atoms with Crippen LogP contribution in [0.3, 0.4) is 0 Å². The molecular weight excluding hydrogens is 585 g/mol. The molecule has 5 rings (SSSR count). The van der Waals surface area contributed by atoms with E-state index >= 15 is 4.39 Å². The number of carbonyl (C=O) groups excluding carboxylic acids is 2. The van der Waals surface area contributed by atoms with Crippen LogP contribution in [-0.2, 0) is 11.3 Å². The van der Waals surface area contributed by atoms with Crippen molar-refractivity contribution in [3.05, 3.63) is 70.0 Å². The van der Waals surface area contributed by atoms with Gasteiger partial charge >= 0.3 is 5.97 Å². The first kappa shape index (κ1) is 29.2. The second kappa shape index (κ2) is 12.2. The highest BCUT2D eigenvalue weighted by Gasteiger charge is 2.29. The first-order chi connectivity index (χ1) is 18.8. The number of benzene rings is 1. The maximum atomic E-state index is 15.3. The first-order valence-corrected chi connectivity index (χ1v) is 13.2. The lowest BCUT2D eigenvalue weighted by molar-refractivity contribution is -0.684. The Bertz CT molecular complexity index is 1510. The number of pyridine rings is 2. The van der Waals surface area contributed by atoms with E-state index in [0.29, 0.717) is 49.5 Å². The minimum atomic E-state index is -1.33. The number of carboxylic acids is 1. The van der Waals surface area contributed by atoms with Gasteiger partial charge < -0.3 is 41.8 Å². The van der Waals surface area contributed by atoms with Crippen molar-refractivity contribution in [2.24, 2.45) is 0 Å². The molecular formula is C28H31BrFN5O5. The van der Waals surface area contributed by atoms with E-state index in [1.165, 1.54) is 6.20 Å². The molecule has 2 N–H and O–H groups in total. The molecule has 2 aliphatic rings. The van der Waals surface area contributed by atoms with Crippen molar-refractivity contribution in [3.8, 4) is 0 Å². The lowest BCUT2D eigenvalue weighted by Gasteiger charge is -2.36. The summed E-state index contributed by atoms with van der Waals surface area (Å²) in [5, 5.41) is 12.3. The van der Waals surface area contributed by atoms with Gasteiger partial charge in [-0.15, -0.1) is 0 Å². The number of rotatable bonds is 8. The van der Waals surface area contributed by atoms with E-state index in [2.05, 4.69) is 5.32 Å². The smallest absolute Gasteiger partial charge is 0.341 e. The lowest BCUT2D eigenvalue weighted by Crippen LogP contribution is -3.00. The maximum absolute atomic E-state index is 15.3. The van der Waals surface area contributed by atoms with Crippen LogP contribution < -0.4 is 37.2 Å². The fourth-order valence-electron chi connectivity index (χ4n) is 4.97. The number of aromatic nitrogens is 2. The van der Waals surface area contributed by atoms with Crippen LogP contribution in [-0.4, -0.2) is 65.1 Å². The van der Waals surface area contributed by atoms with Crippen molar-refractivity contribution in [2.45, 2.75) is 38.8 Å². The summed E-state index contributed by atoms with van der Waals surface area (Å²) >= 11 is 0. The van der Waals surface area contributed by atoms with Crippen molar-refractivity contribution in [1.82, 2.24) is 14.8 Å². The summed E-state index contributed by atoms with van der Waals surface area (Å²) in [5.41, 5.74) is 0.242. The van der Waals surface area contributed by atoms with Crippen LogP contribution in [0.1, 0.15) is 52.9 Å². The molecule has 2 aromatic heterocycles. The molecule has 0 unspecified atom stereocenters. The predicted molar refractivity (Wildman–Crippen MR) is 141 cm³/mol. The zero-order valence-electron chi connectivity index (χ0n) is 22.1. The topological polar surface area (TPSA) is 116 Å². The predicted octanol–water partition coefficient (Wildman–Crippen LogP) is -1.05. The number of halogens is 2. The van der Waals surface area contributed by atoms with Gasteiger partial charge in [-0.25, -0.2) is 9.18 Å². The number of carboxylic acid groups (broad SMARTS) is 1. The van der Waals surface area contributed by atoms with E-state index in [1.54, 1.807) is 44.6 Å². The molecule has 2 fully saturated rings. The number of nitrogens with zero attached hydrogens (tertiary/aromatic N) is 4. The molecule has 40 heavy (non-hydrogen) atoms. The number of nitrogens with one attached hydrogen (secondary N) is 1. The molecule has 1 aliphatic carbocycles. The highest BCUT2D eigenvalue weighted by molar-refractivity contribution is 5.94. The third-order valence-corrected chi connectivity index (χ3v) is 7.18. The van der Waals surface area contributed by atoms with Crippen LogP contribution in [0, 0.1) is 5.82 Å².